The van der Waals surface area contributed by atoms with Crippen molar-refractivity contribution in [2.75, 3.05) is 72.9 Å². The first-order valence-corrected chi connectivity index (χ1v) is 22.5. The molecular formula is C41H73N3O22. The Bertz CT molecular complexity index is 1390. The molecule has 3 rings (SSSR count). The summed E-state index contributed by atoms with van der Waals surface area (Å²) in [6.45, 7) is -3.19. The van der Waals surface area contributed by atoms with Crippen LogP contribution in [-0.4, -0.2) is 260 Å². The average Bonchev–Trinajstić information content (AvgIpc) is 3.29. The maximum absolute atomic E-state index is 14.0. The number of carbonyl (C=O) groups excluding carboxylic acids is 4. The van der Waals surface area contributed by atoms with Gasteiger partial charge in [-0.3, -0.25) is 24.1 Å². The predicted octanol–water partition coefficient (Wildman–Crippen LogP) is -6.95. The quantitative estimate of drug-likeness (QED) is 0.0220. The summed E-state index contributed by atoms with van der Waals surface area (Å²) in [5, 5.41) is 127. The van der Waals surface area contributed by atoms with Crippen molar-refractivity contribution in [1.82, 2.24) is 15.5 Å². The maximum atomic E-state index is 14.0. The molecule has 0 aromatic rings. The number of unbranched alkanes of at least 4 members (excludes halogenated alkanes) is 3. The van der Waals surface area contributed by atoms with Gasteiger partial charge in [-0.05, 0) is 32.7 Å². The number of carbonyl (C=O) groups is 4. The highest BCUT2D eigenvalue weighted by Crippen LogP contribution is 2.25. The number of Topliss-reactive ketones (excluding diaryl/α,β-unsaturated/α-hetero) is 3. The summed E-state index contributed by atoms with van der Waals surface area (Å²) in [5.74, 6) is -0.964. The Labute approximate surface area is 382 Å². The number of nitrogens with one attached hydrogen (secondary N) is 2. The molecule has 3 aliphatic rings. The van der Waals surface area contributed by atoms with Crippen LogP contribution in [-0.2, 0) is 47.6 Å². The standard InChI is InChI=1S/C41H73N3O22/c1-42-18-24(50)17-23(49)9-6-5-8-22(48)7-3-2-4-10-25(38(60)43-11-14-61-39-35(57)32(54)29(51)26(19-45)64-39)44(12-15-62-40-36(58)33(55)30(52)27(20-46)65-40)13-16-63-41-37(59)34(56)31(53)28(21-47)66-41/h25-37,39-42,45-47,51-59H,2-21H2,1H3,(H,43,60)/t25-,26+,27+,28+,29+,30+,31+,32-,33-,34-,35-,36-,37-,39-,40-,41-/m0/s1. The number of aliphatic hydroxyl groups excluding tert-OH is 12. The van der Waals surface area contributed by atoms with E-state index in [4.69, 9.17) is 28.4 Å². The summed E-state index contributed by atoms with van der Waals surface area (Å²) >= 11 is 0. The fraction of sp³-hybridized carbons (Fsp3) is 0.902. The molecule has 25 nitrogen and oxygen atoms in total. The van der Waals surface area contributed by atoms with Crippen LogP contribution in [0.15, 0.2) is 0 Å². The van der Waals surface area contributed by atoms with Gasteiger partial charge in [0.1, 0.15) is 84.8 Å². The van der Waals surface area contributed by atoms with E-state index in [1.165, 1.54) is 0 Å². The fourth-order valence-corrected chi connectivity index (χ4v) is 7.73. The Hall–Kier alpha value is -2.32. The minimum atomic E-state index is -1.73. The van der Waals surface area contributed by atoms with Crippen LogP contribution in [0.5, 0.6) is 0 Å². The Morgan fingerprint density at radius 2 is 0.939 bits per heavy atom. The van der Waals surface area contributed by atoms with Gasteiger partial charge < -0.3 is 100 Å². The van der Waals surface area contributed by atoms with E-state index in [2.05, 4.69) is 10.6 Å². The second-order valence-electron chi connectivity index (χ2n) is 16.7. The lowest BCUT2D eigenvalue weighted by molar-refractivity contribution is -0.303. The molecule has 0 saturated carbocycles. The third-order valence-electron chi connectivity index (χ3n) is 11.7. The zero-order chi connectivity index (χ0) is 48.9. The molecule has 16 atom stereocenters. The van der Waals surface area contributed by atoms with E-state index in [1.807, 2.05) is 0 Å². The molecule has 14 N–H and O–H groups in total. The largest absolute Gasteiger partial charge is 0.394 e. The van der Waals surface area contributed by atoms with Gasteiger partial charge in [-0.1, -0.05) is 12.8 Å². The molecule has 1 amide bonds. The smallest absolute Gasteiger partial charge is 0.237 e. The van der Waals surface area contributed by atoms with Crippen LogP contribution >= 0.6 is 0 Å². The van der Waals surface area contributed by atoms with Gasteiger partial charge in [0.05, 0.1) is 58.6 Å². The van der Waals surface area contributed by atoms with Crippen molar-refractivity contribution in [2.45, 2.75) is 162 Å². The summed E-state index contributed by atoms with van der Waals surface area (Å²) in [7, 11) is 1.61. The number of hydrogen-bond acceptors (Lipinski definition) is 24. The lowest BCUT2D eigenvalue weighted by Gasteiger charge is -2.40. The molecule has 3 saturated heterocycles. The van der Waals surface area contributed by atoms with Crippen molar-refractivity contribution in [3.05, 3.63) is 0 Å². The Morgan fingerprint density at radius 1 is 0.530 bits per heavy atom. The van der Waals surface area contributed by atoms with Gasteiger partial charge in [0.2, 0.25) is 5.91 Å². The van der Waals surface area contributed by atoms with E-state index in [1.54, 1.807) is 11.9 Å². The van der Waals surface area contributed by atoms with Crippen molar-refractivity contribution >= 4 is 23.3 Å². The molecule has 0 unspecified atom stereocenters. The van der Waals surface area contributed by atoms with Crippen LogP contribution < -0.4 is 10.6 Å². The number of nitrogens with zero attached hydrogens (tertiary/aromatic N) is 1. The first-order chi connectivity index (χ1) is 31.5. The van der Waals surface area contributed by atoms with Crippen LogP contribution in [0, 0.1) is 0 Å². The highest BCUT2D eigenvalue weighted by Gasteiger charge is 2.46. The number of rotatable bonds is 32. The third-order valence-corrected chi connectivity index (χ3v) is 11.7. The Kier molecular flexibility index (Phi) is 26.6. The van der Waals surface area contributed by atoms with E-state index in [0.29, 0.717) is 32.1 Å². The summed E-state index contributed by atoms with van der Waals surface area (Å²) in [6.07, 6.45) is -20.4. The molecule has 0 spiro atoms. The molecule has 0 radical (unpaired) electrons. The first-order valence-electron chi connectivity index (χ1n) is 22.5. The molecule has 3 heterocycles. The van der Waals surface area contributed by atoms with Gasteiger partial charge in [0, 0.05) is 38.9 Å². The maximum Gasteiger partial charge on any atom is 0.237 e. The Morgan fingerprint density at radius 3 is 1.36 bits per heavy atom. The summed E-state index contributed by atoms with van der Waals surface area (Å²) in [5.41, 5.74) is 0. The van der Waals surface area contributed by atoms with Crippen LogP contribution in [0.1, 0.15) is 64.2 Å². The van der Waals surface area contributed by atoms with Crippen LogP contribution in [0.25, 0.3) is 0 Å². The molecule has 3 aliphatic heterocycles. The van der Waals surface area contributed by atoms with Gasteiger partial charge in [0.15, 0.2) is 24.7 Å². The van der Waals surface area contributed by atoms with Crippen LogP contribution in [0.2, 0.25) is 0 Å². The van der Waals surface area contributed by atoms with E-state index in [-0.39, 0.29) is 95.5 Å². The van der Waals surface area contributed by atoms with Crippen LogP contribution in [0.4, 0.5) is 0 Å². The number of ether oxygens (including phenoxy) is 6. The number of likely N-dealkylation sites (N-methyl/N-ethyl adjacent to an activating group) is 1. The summed E-state index contributed by atoms with van der Waals surface area (Å²) in [4.78, 5) is 52.0. The highest BCUT2D eigenvalue weighted by molar-refractivity contribution is 5.99. The molecule has 0 aromatic heterocycles. The molecular weight excluding hydrogens is 886 g/mol. The third kappa shape index (κ3) is 17.9. The van der Waals surface area contributed by atoms with Crippen molar-refractivity contribution in [3.8, 4) is 0 Å². The summed E-state index contributed by atoms with van der Waals surface area (Å²) in [6, 6.07) is -0.998. The van der Waals surface area contributed by atoms with Crippen molar-refractivity contribution in [1.29, 1.82) is 0 Å². The molecule has 3 fully saturated rings. The number of hydrogen-bond donors (Lipinski definition) is 14. The number of amides is 1. The minimum absolute atomic E-state index is 0.0142. The number of ketones is 3. The van der Waals surface area contributed by atoms with E-state index >= 15 is 0 Å². The van der Waals surface area contributed by atoms with Crippen molar-refractivity contribution in [2.24, 2.45) is 0 Å². The fourth-order valence-electron chi connectivity index (χ4n) is 7.73. The second kappa shape index (κ2) is 30.3. The predicted molar refractivity (Wildman–Crippen MR) is 223 cm³/mol. The monoisotopic (exact) mass is 959 g/mol. The highest BCUT2D eigenvalue weighted by atomic mass is 16.7. The van der Waals surface area contributed by atoms with Gasteiger partial charge >= 0.3 is 0 Å². The molecule has 0 bridgehead atoms. The molecule has 25 heteroatoms. The van der Waals surface area contributed by atoms with Gasteiger partial charge in [-0.2, -0.15) is 0 Å². The summed E-state index contributed by atoms with van der Waals surface area (Å²) < 4.78 is 33.2. The molecule has 66 heavy (non-hydrogen) atoms. The zero-order valence-corrected chi connectivity index (χ0v) is 37.3. The van der Waals surface area contributed by atoms with E-state index in [9.17, 15) is 80.5 Å². The zero-order valence-electron chi connectivity index (χ0n) is 37.3. The molecule has 0 aliphatic carbocycles. The molecule has 384 valence electrons. The van der Waals surface area contributed by atoms with Gasteiger partial charge in [-0.25, -0.2) is 0 Å². The normalized spacial score (nSPS) is 33.2. The van der Waals surface area contributed by atoms with E-state index < -0.39 is 124 Å². The van der Waals surface area contributed by atoms with E-state index in [0.717, 1.165) is 0 Å². The second-order valence-corrected chi connectivity index (χ2v) is 16.7. The van der Waals surface area contributed by atoms with Crippen molar-refractivity contribution in [3.63, 3.8) is 0 Å². The minimum Gasteiger partial charge on any atom is -0.394 e. The lowest BCUT2D eigenvalue weighted by atomic mass is 9.99. The van der Waals surface area contributed by atoms with Crippen molar-refractivity contribution < 1.29 is 109 Å². The van der Waals surface area contributed by atoms with Gasteiger partial charge in [0.25, 0.3) is 0 Å². The first kappa shape index (κ1) is 58.0. The van der Waals surface area contributed by atoms with Crippen LogP contribution in [0.3, 0.4) is 0 Å². The molecule has 0 aromatic carbocycles. The lowest BCUT2D eigenvalue weighted by Crippen LogP contribution is -2.60. The van der Waals surface area contributed by atoms with Gasteiger partial charge in [-0.15, -0.1) is 0 Å². The average molecular weight is 960 g/mol. The number of aliphatic hydroxyl groups is 12. The Balaban J connectivity index is 1.70. The topological polar surface area (TPSA) is 394 Å². The SMILES string of the molecule is CNCC(=O)CC(=O)CCCCC(=O)CCCCC[C@@H](C(=O)NCCO[C@H]1O[C@H](CO)[C@@H](O)[C@H](O)[C@@H]1O)N(CCO[C@H]1O[C@H](CO)[C@@H](O)[C@H](O)[C@@H]1O)CCO[C@H]1O[C@H](CO)[C@@H](O)[C@H](O)[C@@H]1O.